The molecule has 0 aliphatic carbocycles. The summed E-state index contributed by atoms with van der Waals surface area (Å²) in [5.41, 5.74) is 0.837. The zero-order chi connectivity index (χ0) is 8.10. The van der Waals surface area contributed by atoms with E-state index in [2.05, 4.69) is 10.9 Å². The van der Waals surface area contributed by atoms with Gasteiger partial charge in [-0.2, -0.15) is 0 Å². The van der Waals surface area contributed by atoms with Gasteiger partial charge < -0.3 is 0 Å². The Balaban J connectivity index is 2.60. The van der Waals surface area contributed by atoms with Crippen molar-refractivity contribution in [3.8, 4) is 12.3 Å². The Morgan fingerprint density at radius 1 is 1.55 bits per heavy atom. The van der Waals surface area contributed by atoms with Gasteiger partial charge in [0.05, 0.1) is 6.20 Å². The monoisotopic (exact) mass is 149 g/mol. The molecule has 0 fully saturated rings. The van der Waals surface area contributed by atoms with Crippen molar-refractivity contribution in [3.05, 3.63) is 29.8 Å². The molecule has 1 aromatic heterocycles. The van der Waals surface area contributed by atoms with Crippen molar-refractivity contribution in [2.75, 3.05) is 0 Å². The van der Waals surface area contributed by atoms with Gasteiger partial charge >= 0.3 is 0 Å². The van der Waals surface area contributed by atoms with Crippen LogP contribution in [-0.4, -0.2) is 4.98 Å². The molecule has 0 N–H and O–H groups in total. The minimum Gasteiger partial charge on any atom is -0.258 e. The number of hydrogen-bond donors (Lipinski definition) is 0. The van der Waals surface area contributed by atoms with Gasteiger partial charge in [-0.15, -0.1) is 12.3 Å². The first-order chi connectivity index (χ1) is 5.33. The Kier molecular flexibility index (Phi) is 2.62. The van der Waals surface area contributed by atoms with Gasteiger partial charge in [-0.3, -0.25) is 4.98 Å². The van der Waals surface area contributed by atoms with Crippen molar-refractivity contribution >= 4 is 0 Å². The molecule has 0 aliphatic rings. The lowest BCUT2D eigenvalue weighted by Gasteiger charge is -1.94. The van der Waals surface area contributed by atoms with Crippen LogP contribution in [0.2, 0.25) is 0 Å². The molecule has 0 bridgehead atoms. The highest BCUT2D eigenvalue weighted by molar-refractivity contribution is 5.06. The van der Waals surface area contributed by atoms with Crippen LogP contribution in [0, 0.1) is 18.2 Å². The molecule has 0 saturated carbocycles. The van der Waals surface area contributed by atoms with Crippen molar-refractivity contribution in [2.24, 2.45) is 0 Å². The molecule has 0 spiro atoms. The van der Waals surface area contributed by atoms with Gasteiger partial charge in [0.1, 0.15) is 5.82 Å². The number of rotatable bonds is 2. The summed E-state index contributed by atoms with van der Waals surface area (Å²) in [6.45, 7) is 0. The quantitative estimate of drug-likeness (QED) is 0.584. The fourth-order valence-electron chi connectivity index (χ4n) is 0.755. The van der Waals surface area contributed by atoms with Crippen molar-refractivity contribution in [1.82, 2.24) is 4.98 Å². The second kappa shape index (κ2) is 3.72. The van der Waals surface area contributed by atoms with Crippen molar-refractivity contribution in [2.45, 2.75) is 12.8 Å². The van der Waals surface area contributed by atoms with Crippen LogP contribution < -0.4 is 0 Å². The highest BCUT2D eigenvalue weighted by Crippen LogP contribution is 2.00. The molecule has 0 radical (unpaired) electrons. The highest BCUT2D eigenvalue weighted by Gasteiger charge is 1.92. The number of hydrogen-bond acceptors (Lipinski definition) is 1. The van der Waals surface area contributed by atoms with Gasteiger partial charge in [0.25, 0.3) is 0 Å². The maximum absolute atomic E-state index is 12.3. The van der Waals surface area contributed by atoms with Crippen LogP contribution in [0.3, 0.4) is 0 Å². The zero-order valence-corrected chi connectivity index (χ0v) is 6.05. The number of pyridine rings is 1. The summed E-state index contributed by atoms with van der Waals surface area (Å²) in [7, 11) is 0. The summed E-state index contributed by atoms with van der Waals surface area (Å²) in [6.07, 6.45) is 7.63. The van der Waals surface area contributed by atoms with E-state index in [9.17, 15) is 4.39 Å². The molecule has 0 unspecified atom stereocenters. The number of terminal acetylenes is 1. The molecule has 0 aliphatic heterocycles. The minimum atomic E-state index is -0.311. The number of nitrogens with zero attached hydrogens (tertiary/aromatic N) is 1. The molecule has 11 heavy (non-hydrogen) atoms. The van der Waals surface area contributed by atoms with Crippen LogP contribution in [-0.2, 0) is 6.42 Å². The first-order valence-electron chi connectivity index (χ1n) is 3.37. The molecule has 2 heteroatoms. The Bertz CT molecular complexity index is 258. The average Bonchev–Trinajstić information content (AvgIpc) is 2.04. The van der Waals surface area contributed by atoms with Crippen LogP contribution in [0.5, 0.6) is 0 Å². The summed E-state index contributed by atoms with van der Waals surface area (Å²) in [4.78, 5) is 3.85. The summed E-state index contributed by atoms with van der Waals surface area (Å²) in [5, 5.41) is 0. The molecule has 1 nitrogen and oxygen atoms in total. The molecule has 1 rings (SSSR count). The molecule has 0 aromatic carbocycles. The van der Waals surface area contributed by atoms with E-state index in [-0.39, 0.29) is 5.82 Å². The average molecular weight is 149 g/mol. The molecule has 1 aromatic rings. The Hall–Kier alpha value is -1.36. The van der Waals surface area contributed by atoms with Crippen molar-refractivity contribution in [3.63, 3.8) is 0 Å². The lowest BCUT2D eigenvalue weighted by atomic mass is 10.2. The Labute approximate surface area is 65.3 Å². The predicted octanol–water partition coefficient (Wildman–Crippen LogP) is 1.79. The molecule has 0 saturated heterocycles. The van der Waals surface area contributed by atoms with Crippen molar-refractivity contribution < 1.29 is 4.39 Å². The molecule has 0 atom stereocenters. The van der Waals surface area contributed by atoms with Gasteiger partial charge in [0.15, 0.2) is 0 Å². The first kappa shape index (κ1) is 7.74. The molecular formula is C9H8FN. The van der Waals surface area contributed by atoms with E-state index in [1.54, 1.807) is 6.07 Å². The van der Waals surface area contributed by atoms with Gasteiger partial charge in [-0.25, -0.2) is 4.39 Å². The smallest absolute Gasteiger partial charge is 0.141 e. The highest BCUT2D eigenvalue weighted by atomic mass is 19.1. The van der Waals surface area contributed by atoms with Gasteiger partial charge in [0, 0.05) is 18.5 Å². The molecular weight excluding hydrogens is 141 g/mol. The zero-order valence-electron chi connectivity index (χ0n) is 6.05. The largest absolute Gasteiger partial charge is 0.258 e. The second-order valence-corrected chi connectivity index (χ2v) is 2.17. The molecule has 56 valence electrons. The predicted molar refractivity (Wildman–Crippen MR) is 41.3 cm³/mol. The maximum Gasteiger partial charge on any atom is 0.141 e. The normalized spacial score (nSPS) is 9.09. The van der Waals surface area contributed by atoms with E-state index in [0.717, 1.165) is 12.1 Å². The van der Waals surface area contributed by atoms with Crippen LogP contribution in [0.25, 0.3) is 0 Å². The third-order valence-corrected chi connectivity index (χ3v) is 1.31. The van der Waals surface area contributed by atoms with Crippen LogP contribution in [0.15, 0.2) is 18.3 Å². The van der Waals surface area contributed by atoms with Gasteiger partial charge in [-0.05, 0) is 12.1 Å². The fraction of sp³-hybridized carbons (Fsp3) is 0.222. The summed E-state index contributed by atoms with van der Waals surface area (Å²) < 4.78 is 12.3. The van der Waals surface area contributed by atoms with E-state index >= 15 is 0 Å². The Morgan fingerprint density at radius 2 is 2.36 bits per heavy atom. The van der Waals surface area contributed by atoms with E-state index in [0.29, 0.717) is 6.42 Å². The lowest BCUT2D eigenvalue weighted by molar-refractivity contribution is 0.619. The van der Waals surface area contributed by atoms with E-state index in [4.69, 9.17) is 6.42 Å². The Morgan fingerprint density at radius 3 is 2.91 bits per heavy atom. The van der Waals surface area contributed by atoms with Crippen LogP contribution >= 0.6 is 0 Å². The first-order valence-corrected chi connectivity index (χ1v) is 3.37. The second-order valence-electron chi connectivity index (χ2n) is 2.17. The number of aromatic nitrogens is 1. The third kappa shape index (κ3) is 2.38. The lowest BCUT2D eigenvalue weighted by Crippen LogP contribution is -1.88. The molecule has 1 heterocycles. The number of halogens is 1. The van der Waals surface area contributed by atoms with E-state index < -0.39 is 0 Å². The summed E-state index contributed by atoms with van der Waals surface area (Å²) >= 11 is 0. The van der Waals surface area contributed by atoms with E-state index in [1.807, 2.05) is 0 Å². The number of aryl methyl sites for hydroxylation is 1. The van der Waals surface area contributed by atoms with Crippen molar-refractivity contribution in [1.29, 1.82) is 0 Å². The fourth-order valence-corrected chi connectivity index (χ4v) is 0.755. The third-order valence-electron chi connectivity index (χ3n) is 1.31. The van der Waals surface area contributed by atoms with Gasteiger partial charge in [-0.1, -0.05) is 0 Å². The minimum absolute atomic E-state index is 0.311. The molecule has 0 amide bonds. The maximum atomic E-state index is 12.3. The topological polar surface area (TPSA) is 12.9 Å². The van der Waals surface area contributed by atoms with Crippen LogP contribution in [0.1, 0.15) is 12.1 Å². The van der Waals surface area contributed by atoms with E-state index in [1.165, 1.54) is 12.3 Å². The SMILES string of the molecule is C#CCCc1ccc(F)cn1. The van der Waals surface area contributed by atoms with Gasteiger partial charge in [0.2, 0.25) is 0 Å². The standard InChI is InChI=1S/C9H8FN/c1-2-3-4-9-6-5-8(10)7-11-9/h1,5-7H,3-4H2. The summed E-state index contributed by atoms with van der Waals surface area (Å²) in [5.74, 6) is 2.19. The van der Waals surface area contributed by atoms with Crippen LogP contribution in [0.4, 0.5) is 4.39 Å². The summed E-state index contributed by atoms with van der Waals surface area (Å²) in [6, 6.07) is 3.03.